The Labute approximate surface area is 141 Å². The van der Waals surface area contributed by atoms with Gasteiger partial charge < -0.3 is 9.84 Å². The third kappa shape index (κ3) is 1.97. The summed E-state index contributed by atoms with van der Waals surface area (Å²) in [4.78, 5) is 0. The van der Waals surface area contributed by atoms with Gasteiger partial charge in [-0.05, 0) is 36.2 Å². The van der Waals surface area contributed by atoms with Crippen LogP contribution in [0.1, 0.15) is 71.9 Å². The van der Waals surface area contributed by atoms with Gasteiger partial charge in [-0.1, -0.05) is 59.7 Å². The SMILES string of the molecule is COc1c(C(C)(C)C)cccc1[C@]1(O)C(C)(C)[C@H]2CC[C@@]1(C)C2. The monoisotopic (exact) mass is 316 g/mol. The molecule has 2 nitrogen and oxygen atoms in total. The van der Waals surface area contributed by atoms with Crippen LogP contribution >= 0.6 is 0 Å². The molecule has 0 aliphatic heterocycles. The fourth-order valence-corrected chi connectivity index (χ4v) is 5.56. The zero-order valence-electron chi connectivity index (χ0n) is 15.8. The number of benzene rings is 1. The zero-order chi connectivity index (χ0) is 17.3. The summed E-state index contributed by atoms with van der Waals surface area (Å²) >= 11 is 0. The quantitative estimate of drug-likeness (QED) is 0.829. The molecular formula is C21H32O2. The lowest BCUT2D eigenvalue weighted by atomic mass is 9.57. The second-order valence-corrected chi connectivity index (χ2v) is 9.57. The van der Waals surface area contributed by atoms with Crippen LogP contribution in [0.3, 0.4) is 0 Å². The van der Waals surface area contributed by atoms with Gasteiger partial charge in [-0.25, -0.2) is 0 Å². The average molecular weight is 316 g/mol. The van der Waals surface area contributed by atoms with Crippen molar-refractivity contribution in [2.45, 2.75) is 71.8 Å². The second kappa shape index (κ2) is 4.75. The maximum absolute atomic E-state index is 12.1. The number of para-hydroxylation sites is 1. The maximum atomic E-state index is 12.1. The minimum atomic E-state index is -0.838. The molecule has 2 fully saturated rings. The van der Waals surface area contributed by atoms with Crippen LogP contribution in [0.25, 0.3) is 0 Å². The van der Waals surface area contributed by atoms with Crippen molar-refractivity contribution in [3.63, 3.8) is 0 Å². The van der Waals surface area contributed by atoms with Gasteiger partial charge in [-0.3, -0.25) is 0 Å². The third-order valence-electron chi connectivity index (χ3n) is 6.99. The zero-order valence-corrected chi connectivity index (χ0v) is 15.8. The molecule has 1 aromatic carbocycles. The van der Waals surface area contributed by atoms with E-state index in [4.69, 9.17) is 4.74 Å². The predicted octanol–water partition coefficient (Wildman–Crippen LogP) is 5.03. The van der Waals surface area contributed by atoms with Gasteiger partial charge in [0.2, 0.25) is 0 Å². The smallest absolute Gasteiger partial charge is 0.128 e. The molecule has 2 heteroatoms. The fourth-order valence-electron chi connectivity index (χ4n) is 5.56. The van der Waals surface area contributed by atoms with E-state index in [0.717, 1.165) is 24.2 Å². The summed E-state index contributed by atoms with van der Waals surface area (Å²) < 4.78 is 5.87. The molecule has 0 saturated heterocycles. The molecule has 2 aliphatic rings. The fraction of sp³-hybridized carbons (Fsp3) is 0.714. The third-order valence-corrected chi connectivity index (χ3v) is 6.99. The lowest BCUT2D eigenvalue weighted by Gasteiger charge is -2.51. The topological polar surface area (TPSA) is 29.5 Å². The summed E-state index contributed by atoms with van der Waals surface area (Å²) in [6.07, 6.45) is 3.44. The molecule has 0 radical (unpaired) electrons. The Kier molecular flexibility index (Phi) is 3.48. The van der Waals surface area contributed by atoms with Crippen molar-refractivity contribution in [3.05, 3.63) is 29.3 Å². The van der Waals surface area contributed by atoms with Crippen LogP contribution < -0.4 is 4.74 Å². The molecule has 0 aromatic heterocycles. The predicted molar refractivity (Wildman–Crippen MR) is 94.8 cm³/mol. The summed E-state index contributed by atoms with van der Waals surface area (Å²) in [5.41, 5.74) is 1.11. The van der Waals surface area contributed by atoms with Crippen LogP contribution in [0.5, 0.6) is 5.75 Å². The van der Waals surface area contributed by atoms with E-state index in [0.29, 0.717) is 5.92 Å². The van der Waals surface area contributed by atoms with Gasteiger partial charge in [0.15, 0.2) is 0 Å². The van der Waals surface area contributed by atoms with Crippen molar-refractivity contribution in [1.82, 2.24) is 0 Å². The van der Waals surface area contributed by atoms with Gasteiger partial charge >= 0.3 is 0 Å². The highest BCUT2D eigenvalue weighted by Crippen LogP contribution is 2.72. The molecule has 0 heterocycles. The van der Waals surface area contributed by atoms with Crippen molar-refractivity contribution in [2.24, 2.45) is 16.7 Å². The molecule has 3 rings (SSSR count). The lowest BCUT2D eigenvalue weighted by molar-refractivity contribution is -0.151. The number of aliphatic hydroxyl groups is 1. The first-order valence-electron chi connectivity index (χ1n) is 8.89. The Morgan fingerprint density at radius 1 is 1.17 bits per heavy atom. The van der Waals surface area contributed by atoms with E-state index in [1.54, 1.807) is 7.11 Å². The Hall–Kier alpha value is -1.02. The molecule has 2 aliphatic carbocycles. The van der Waals surface area contributed by atoms with E-state index in [-0.39, 0.29) is 16.2 Å². The number of rotatable bonds is 2. The number of hydrogen-bond acceptors (Lipinski definition) is 2. The molecule has 2 bridgehead atoms. The maximum Gasteiger partial charge on any atom is 0.128 e. The first kappa shape index (κ1) is 16.8. The summed E-state index contributed by atoms with van der Waals surface area (Å²) in [6.45, 7) is 13.4. The Bertz CT molecular complexity index is 618. The second-order valence-electron chi connectivity index (χ2n) is 9.57. The Morgan fingerprint density at radius 2 is 1.83 bits per heavy atom. The molecule has 1 N–H and O–H groups in total. The van der Waals surface area contributed by atoms with Gasteiger partial charge in [0.1, 0.15) is 11.4 Å². The first-order valence-corrected chi connectivity index (χ1v) is 8.89. The molecule has 2 saturated carbocycles. The lowest BCUT2D eigenvalue weighted by Crippen LogP contribution is -2.51. The summed E-state index contributed by atoms with van der Waals surface area (Å²) in [6, 6.07) is 6.30. The minimum Gasteiger partial charge on any atom is -0.496 e. The van der Waals surface area contributed by atoms with Crippen molar-refractivity contribution >= 4 is 0 Å². The van der Waals surface area contributed by atoms with Crippen LogP contribution in [0.15, 0.2) is 18.2 Å². The normalized spacial score (nSPS) is 35.6. The van der Waals surface area contributed by atoms with E-state index in [1.165, 1.54) is 12.0 Å². The standard InChI is InChI=1S/C21H32O2/c1-18(2,3)15-9-8-10-16(17(15)23-7)21(22)19(4,5)14-11-12-20(21,6)13-14/h8-10,14,22H,11-13H2,1-7H3/t14-,20-,21-/m0/s1. The molecule has 0 unspecified atom stereocenters. The average Bonchev–Trinajstić information content (AvgIpc) is 2.93. The van der Waals surface area contributed by atoms with Gasteiger partial charge in [-0.15, -0.1) is 0 Å². The van der Waals surface area contributed by atoms with Gasteiger partial charge in [-0.2, -0.15) is 0 Å². The molecule has 3 atom stereocenters. The molecule has 0 amide bonds. The van der Waals surface area contributed by atoms with Crippen molar-refractivity contribution < 1.29 is 9.84 Å². The number of methoxy groups -OCH3 is 1. The van der Waals surface area contributed by atoms with E-state index in [1.807, 2.05) is 0 Å². The number of ether oxygens (including phenoxy) is 1. The van der Waals surface area contributed by atoms with Gasteiger partial charge in [0.05, 0.1) is 7.11 Å². The number of hydrogen-bond donors (Lipinski definition) is 1. The summed E-state index contributed by atoms with van der Waals surface area (Å²) in [5, 5.41) is 12.1. The van der Waals surface area contributed by atoms with Crippen molar-refractivity contribution in [1.29, 1.82) is 0 Å². The van der Waals surface area contributed by atoms with E-state index in [9.17, 15) is 5.11 Å². The van der Waals surface area contributed by atoms with E-state index >= 15 is 0 Å². The molecular weight excluding hydrogens is 284 g/mol. The Balaban J connectivity index is 2.26. The van der Waals surface area contributed by atoms with Gasteiger partial charge in [0.25, 0.3) is 0 Å². The van der Waals surface area contributed by atoms with Crippen LogP contribution in [0, 0.1) is 16.7 Å². The van der Waals surface area contributed by atoms with E-state index < -0.39 is 5.60 Å². The molecule has 0 spiro atoms. The van der Waals surface area contributed by atoms with Gasteiger partial charge in [0, 0.05) is 16.4 Å². The van der Waals surface area contributed by atoms with Crippen LogP contribution in [0.4, 0.5) is 0 Å². The largest absolute Gasteiger partial charge is 0.496 e. The highest BCUT2D eigenvalue weighted by molar-refractivity contribution is 5.50. The van der Waals surface area contributed by atoms with Crippen LogP contribution in [0.2, 0.25) is 0 Å². The first-order chi connectivity index (χ1) is 10.5. The molecule has 23 heavy (non-hydrogen) atoms. The van der Waals surface area contributed by atoms with Crippen molar-refractivity contribution in [2.75, 3.05) is 7.11 Å². The Morgan fingerprint density at radius 3 is 2.30 bits per heavy atom. The molecule has 1 aromatic rings. The minimum absolute atomic E-state index is 0.0135. The summed E-state index contributed by atoms with van der Waals surface area (Å²) in [5.74, 6) is 1.46. The highest BCUT2D eigenvalue weighted by Gasteiger charge is 2.69. The van der Waals surface area contributed by atoms with E-state index in [2.05, 4.69) is 59.7 Å². The van der Waals surface area contributed by atoms with Crippen molar-refractivity contribution in [3.8, 4) is 5.75 Å². The van der Waals surface area contributed by atoms with Crippen LogP contribution in [-0.4, -0.2) is 12.2 Å². The number of fused-ring (bicyclic) bond motifs is 2. The van der Waals surface area contributed by atoms with Crippen LogP contribution in [-0.2, 0) is 11.0 Å². The molecule has 128 valence electrons. The summed E-state index contributed by atoms with van der Waals surface area (Å²) in [7, 11) is 1.74. The highest BCUT2D eigenvalue weighted by atomic mass is 16.5.